The minimum absolute atomic E-state index is 0.374. The molecule has 1 amide bonds. The summed E-state index contributed by atoms with van der Waals surface area (Å²) in [4.78, 5) is 12.2. The van der Waals surface area contributed by atoms with E-state index < -0.39 is 0 Å². The van der Waals surface area contributed by atoms with E-state index in [1.807, 2.05) is 37.3 Å². The molecule has 0 aliphatic rings. The smallest absolute Gasteiger partial charge is 0.251 e. The summed E-state index contributed by atoms with van der Waals surface area (Å²) in [5.74, 6) is -0.374. The van der Waals surface area contributed by atoms with Crippen molar-refractivity contribution in [2.24, 2.45) is 5.73 Å². The van der Waals surface area contributed by atoms with Crippen molar-refractivity contribution in [3.05, 3.63) is 82.7 Å². The van der Waals surface area contributed by atoms with Crippen LogP contribution in [0.3, 0.4) is 0 Å². The van der Waals surface area contributed by atoms with Gasteiger partial charge in [-0.15, -0.1) is 0 Å². The SMILES string of the molecule is Cc1ccccc1-c1c(C(N)=O)c(C)n(Cc2ccccc2)c1C. The molecule has 1 heterocycles. The minimum atomic E-state index is -0.374. The van der Waals surface area contributed by atoms with Crippen LogP contribution >= 0.6 is 0 Å². The van der Waals surface area contributed by atoms with Gasteiger partial charge in [0.15, 0.2) is 0 Å². The number of hydrogen-bond donors (Lipinski definition) is 1. The van der Waals surface area contributed by atoms with Crippen molar-refractivity contribution in [1.82, 2.24) is 4.57 Å². The molecular formula is C21H22N2O. The third-order valence-electron chi connectivity index (χ3n) is 4.63. The van der Waals surface area contributed by atoms with Gasteiger partial charge in [-0.05, 0) is 37.5 Å². The first-order chi connectivity index (χ1) is 11.5. The molecule has 0 bridgehead atoms. The molecule has 24 heavy (non-hydrogen) atoms. The molecule has 0 saturated carbocycles. The van der Waals surface area contributed by atoms with E-state index in [9.17, 15) is 4.79 Å². The summed E-state index contributed by atoms with van der Waals surface area (Å²) < 4.78 is 2.18. The Morgan fingerprint density at radius 1 is 0.917 bits per heavy atom. The van der Waals surface area contributed by atoms with Crippen LogP contribution in [0.1, 0.15) is 32.9 Å². The van der Waals surface area contributed by atoms with Gasteiger partial charge in [0.1, 0.15) is 0 Å². The average Bonchev–Trinajstić information content (AvgIpc) is 2.81. The number of nitrogens with zero attached hydrogens (tertiary/aromatic N) is 1. The van der Waals surface area contributed by atoms with E-state index in [2.05, 4.69) is 42.7 Å². The number of carbonyl (C=O) groups is 1. The second kappa shape index (κ2) is 6.36. The lowest BCUT2D eigenvalue weighted by atomic mass is 9.96. The maximum absolute atomic E-state index is 12.2. The fourth-order valence-electron chi connectivity index (χ4n) is 3.37. The third-order valence-corrected chi connectivity index (χ3v) is 4.63. The lowest BCUT2D eigenvalue weighted by Gasteiger charge is -2.11. The number of benzene rings is 2. The van der Waals surface area contributed by atoms with Crippen molar-refractivity contribution in [2.45, 2.75) is 27.3 Å². The Labute approximate surface area is 142 Å². The van der Waals surface area contributed by atoms with Crippen LogP contribution in [0, 0.1) is 20.8 Å². The summed E-state index contributed by atoms with van der Waals surface area (Å²) in [6, 6.07) is 18.4. The first-order valence-electron chi connectivity index (χ1n) is 8.10. The Balaban J connectivity index is 2.21. The minimum Gasteiger partial charge on any atom is -0.366 e. The van der Waals surface area contributed by atoms with Crippen LogP contribution in [-0.2, 0) is 6.54 Å². The lowest BCUT2D eigenvalue weighted by molar-refractivity contribution is 0.1000. The van der Waals surface area contributed by atoms with Crippen molar-refractivity contribution in [3.63, 3.8) is 0 Å². The Morgan fingerprint density at radius 2 is 1.54 bits per heavy atom. The van der Waals surface area contributed by atoms with E-state index in [1.54, 1.807) is 0 Å². The molecule has 0 atom stereocenters. The van der Waals surface area contributed by atoms with E-state index in [0.717, 1.165) is 34.6 Å². The molecule has 3 heteroatoms. The molecule has 3 nitrogen and oxygen atoms in total. The molecular weight excluding hydrogens is 296 g/mol. The predicted octanol–water partition coefficient (Wildman–Crippen LogP) is 4.23. The normalized spacial score (nSPS) is 10.8. The van der Waals surface area contributed by atoms with Gasteiger partial charge in [0.25, 0.3) is 5.91 Å². The summed E-state index contributed by atoms with van der Waals surface area (Å²) >= 11 is 0. The molecule has 122 valence electrons. The number of nitrogens with two attached hydrogens (primary N) is 1. The highest BCUT2D eigenvalue weighted by molar-refractivity contribution is 6.02. The Kier molecular flexibility index (Phi) is 4.26. The lowest BCUT2D eigenvalue weighted by Crippen LogP contribution is -2.13. The van der Waals surface area contributed by atoms with Gasteiger partial charge in [-0.25, -0.2) is 0 Å². The third kappa shape index (κ3) is 2.73. The summed E-state index contributed by atoms with van der Waals surface area (Å²) in [5, 5.41) is 0. The molecule has 2 aromatic carbocycles. The topological polar surface area (TPSA) is 48.0 Å². The average molecular weight is 318 g/mol. The largest absolute Gasteiger partial charge is 0.366 e. The second-order valence-corrected chi connectivity index (χ2v) is 6.17. The number of carbonyl (C=O) groups excluding carboxylic acids is 1. The van der Waals surface area contributed by atoms with Gasteiger partial charge >= 0.3 is 0 Å². The van der Waals surface area contributed by atoms with E-state index >= 15 is 0 Å². The zero-order valence-electron chi connectivity index (χ0n) is 14.3. The molecule has 0 aliphatic heterocycles. The molecule has 0 saturated heterocycles. The molecule has 0 spiro atoms. The van der Waals surface area contributed by atoms with Crippen LogP contribution in [0.25, 0.3) is 11.1 Å². The highest BCUT2D eigenvalue weighted by atomic mass is 16.1. The zero-order valence-corrected chi connectivity index (χ0v) is 14.3. The van der Waals surface area contributed by atoms with Gasteiger partial charge in [0, 0.05) is 23.5 Å². The standard InChI is InChI=1S/C21H22N2O/c1-14-9-7-8-12-18(14)19-15(2)23(16(3)20(19)21(22)24)13-17-10-5-4-6-11-17/h4-12H,13H2,1-3H3,(H2,22,24). The number of aromatic nitrogens is 1. The van der Waals surface area contributed by atoms with Crippen molar-refractivity contribution in [2.75, 3.05) is 0 Å². The zero-order chi connectivity index (χ0) is 17.3. The Hall–Kier alpha value is -2.81. The van der Waals surface area contributed by atoms with Crippen molar-refractivity contribution >= 4 is 5.91 Å². The number of primary amides is 1. The Bertz CT molecular complexity index is 892. The first kappa shape index (κ1) is 16.1. The van der Waals surface area contributed by atoms with Crippen LogP contribution < -0.4 is 5.73 Å². The number of rotatable bonds is 4. The molecule has 0 fully saturated rings. The van der Waals surface area contributed by atoms with Crippen LogP contribution in [-0.4, -0.2) is 10.5 Å². The van der Waals surface area contributed by atoms with E-state index in [4.69, 9.17) is 5.73 Å². The highest BCUT2D eigenvalue weighted by Crippen LogP contribution is 2.34. The fraction of sp³-hybridized carbons (Fsp3) is 0.190. The fourth-order valence-corrected chi connectivity index (χ4v) is 3.37. The van der Waals surface area contributed by atoms with Gasteiger partial charge in [0.2, 0.25) is 0 Å². The van der Waals surface area contributed by atoms with Gasteiger partial charge in [-0.2, -0.15) is 0 Å². The quantitative estimate of drug-likeness (QED) is 0.769. The second-order valence-electron chi connectivity index (χ2n) is 6.17. The number of amides is 1. The van der Waals surface area contributed by atoms with Crippen LogP contribution in [0.5, 0.6) is 0 Å². The van der Waals surface area contributed by atoms with Crippen LogP contribution in [0.2, 0.25) is 0 Å². The molecule has 3 rings (SSSR count). The monoisotopic (exact) mass is 318 g/mol. The van der Waals surface area contributed by atoms with Crippen molar-refractivity contribution in [1.29, 1.82) is 0 Å². The van der Waals surface area contributed by atoms with Gasteiger partial charge in [0.05, 0.1) is 5.56 Å². The van der Waals surface area contributed by atoms with Crippen molar-refractivity contribution in [3.8, 4) is 11.1 Å². The maximum atomic E-state index is 12.2. The summed E-state index contributed by atoms with van der Waals surface area (Å²) in [5.41, 5.74) is 12.7. The maximum Gasteiger partial charge on any atom is 0.251 e. The van der Waals surface area contributed by atoms with Gasteiger partial charge in [-0.3, -0.25) is 4.79 Å². The molecule has 3 aromatic rings. The molecule has 1 aromatic heterocycles. The van der Waals surface area contributed by atoms with E-state index in [0.29, 0.717) is 5.56 Å². The summed E-state index contributed by atoms with van der Waals surface area (Å²) in [6.45, 7) is 6.82. The predicted molar refractivity (Wildman–Crippen MR) is 98.1 cm³/mol. The van der Waals surface area contributed by atoms with Gasteiger partial charge < -0.3 is 10.3 Å². The first-order valence-corrected chi connectivity index (χ1v) is 8.10. The number of hydrogen-bond acceptors (Lipinski definition) is 1. The molecule has 2 N–H and O–H groups in total. The van der Waals surface area contributed by atoms with E-state index in [1.165, 1.54) is 5.56 Å². The van der Waals surface area contributed by atoms with Crippen molar-refractivity contribution < 1.29 is 4.79 Å². The molecule has 0 radical (unpaired) electrons. The molecule has 0 unspecified atom stereocenters. The summed E-state index contributed by atoms with van der Waals surface area (Å²) in [7, 11) is 0. The Morgan fingerprint density at radius 3 is 2.17 bits per heavy atom. The highest BCUT2D eigenvalue weighted by Gasteiger charge is 2.23. The van der Waals surface area contributed by atoms with Gasteiger partial charge in [-0.1, -0.05) is 54.6 Å². The van der Waals surface area contributed by atoms with E-state index in [-0.39, 0.29) is 5.91 Å². The van der Waals surface area contributed by atoms with Crippen LogP contribution in [0.4, 0.5) is 0 Å². The van der Waals surface area contributed by atoms with Crippen LogP contribution in [0.15, 0.2) is 54.6 Å². The molecule has 0 aliphatic carbocycles. The summed E-state index contributed by atoms with van der Waals surface area (Å²) in [6.07, 6.45) is 0. The number of aryl methyl sites for hydroxylation is 1.